The van der Waals surface area contributed by atoms with Gasteiger partial charge in [0.2, 0.25) is 0 Å². The van der Waals surface area contributed by atoms with Crippen LogP contribution in [0.15, 0.2) is 49.6 Å². The van der Waals surface area contributed by atoms with E-state index in [1.165, 1.54) is 24.3 Å². The molecule has 0 saturated heterocycles. The molecular weight excluding hydrogens is 424 g/mol. The third kappa shape index (κ3) is 8.05. The summed E-state index contributed by atoms with van der Waals surface area (Å²) in [5.41, 5.74) is -1.97. The number of benzene rings is 1. The van der Waals surface area contributed by atoms with Crippen LogP contribution in [-0.4, -0.2) is 61.4 Å². The average Bonchev–Trinajstić information content (AvgIpc) is 2.81. The van der Waals surface area contributed by atoms with Crippen molar-refractivity contribution >= 4 is 29.8 Å². The van der Waals surface area contributed by atoms with Gasteiger partial charge in [-0.2, -0.15) is 0 Å². The molecule has 10 heteroatoms. The first-order chi connectivity index (χ1) is 15.2. The highest BCUT2D eigenvalue weighted by Crippen LogP contribution is 2.23. The topological polar surface area (TPSA) is 142 Å². The van der Waals surface area contributed by atoms with Crippen LogP contribution >= 0.6 is 0 Å². The van der Waals surface area contributed by atoms with E-state index in [2.05, 4.69) is 13.2 Å². The molecule has 0 aliphatic heterocycles. The van der Waals surface area contributed by atoms with Gasteiger partial charge in [-0.1, -0.05) is 32.2 Å². The molecule has 0 aromatic heterocycles. The van der Waals surface area contributed by atoms with Gasteiger partial charge in [0, 0.05) is 18.6 Å². The number of hydrogen-bond donors (Lipinski definition) is 1. The number of carbonyl (C=O) groups is 5. The van der Waals surface area contributed by atoms with Crippen molar-refractivity contribution in [2.45, 2.75) is 13.3 Å². The minimum Gasteiger partial charge on any atom is -0.478 e. The van der Waals surface area contributed by atoms with Gasteiger partial charge in [-0.25, -0.2) is 19.2 Å². The van der Waals surface area contributed by atoms with E-state index in [0.717, 1.165) is 12.2 Å². The number of carbonyl (C=O) groups excluding carboxylic acids is 4. The quantitative estimate of drug-likeness (QED) is 0.270. The number of rotatable bonds is 13. The van der Waals surface area contributed by atoms with E-state index < -0.39 is 61.7 Å². The van der Waals surface area contributed by atoms with Gasteiger partial charge in [0.05, 0.1) is 11.1 Å². The summed E-state index contributed by atoms with van der Waals surface area (Å²) in [5, 5.41) is 9.26. The number of hydrogen-bond acceptors (Lipinski definition) is 9. The fraction of sp³-hybridized carbons (Fsp3) is 0.318. The van der Waals surface area contributed by atoms with E-state index in [4.69, 9.17) is 18.9 Å². The molecule has 1 aromatic carbocycles. The van der Waals surface area contributed by atoms with Crippen LogP contribution in [0.5, 0.6) is 0 Å². The Morgan fingerprint density at radius 3 is 1.78 bits per heavy atom. The third-order valence-electron chi connectivity index (χ3n) is 4.09. The normalized spacial score (nSPS) is 10.4. The van der Waals surface area contributed by atoms with Crippen LogP contribution in [0.2, 0.25) is 0 Å². The molecule has 0 amide bonds. The van der Waals surface area contributed by atoms with E-state index >= 15 is 0 Å². The number of carboxylic acid groups (broad SMARTS) is 1. The molecule has 0 aliphatic carbocycles. The minimum absolute atomic E-state index is 0.0424. The van der Waals surface area contributed by atoms with Crippen molar-refractivity contribution in [3.63, 3.8) is 0 Å². The van der Waals surface area contributed by atoms with Crippen LogP contribution in [0.1, 0.15) is 34.1 Å². The van der Waals surface area contributed by atoms with E-state index in [9.17, 15) is 29.1 Å². The second-order valence-electron chi connectivity index (χ2n) is 6.56. The SMILES string of the molecule is C=CC(=O)OCC(COC(=O)C=C)(COC(=O)CC)COC(=O)c1ccccc1C(=O)O. The molecule has 1 N–H and O–H groups in total. The summed E-state index contributed by atoms with van der Waals surface area (Å²) in [7, 11) is 0. The number of esters is 4. The lowest BCUT2D eigenvalue weighted by molar-refractivity contribution is -0.161. The Kier molecular flexibility index (Phi) is 10.3. The second-order valence-corrected chi connectivity index (χ2v) is 6.56. The van der Waals surface area contributed by atoms with Crippen LogP contribution in [0, 0.1) is 5.41 Å². The summed E-state index contributed by atoms with van der Waals surface area (Å²) < 4.78 is 20.5. The van der Waals surface area contributed by atoms with Gasteiger partial charge in [-0.05, 0) is 12.1 Å². The number of carboxylic acids is 1. The molecule has 0 spiro atoms. The molecule has 32 heavy (non-hydrogen) atoms. The van der Waals surface area contributed by atoms with Gasteiger partial charge in [0.1, 0.15) is 31.8 Å². The molecular formula is C22H24O10. The van der Waals surface area contributed by atoms with E-state index in [0.29, 0.717) is 0 Å². The smallest absolute Gasteiger partial charge is 0.339 e. The van der Waals surface area contributed by atoms with E-state index in [-0.39, 0.29) is 17.5 Å². The summed E-state index contributed by atoms with van der Waals surface area (Å²) in [4.78, 5) is 58.8. The summed E-state index contributed by atoms with van der Waals surface area (Å²) in [5.74, 6) is -4.54. The molecule has 0 aliphatic rings. The molecule has 0 heterocycles. The maximum absolute atomic E-state index is 12.6. The Morgan fingerprint density at radius 1 is 0.844 bits per heavy atom. The van der Waals surface area contributed by atoms with Crippen LogP contribution < -0.4 is 0 Å². The van der Waals surface area contributed by atoms with Crippen molar-refractivity contribution < 1.29 is 48.0 Å². The van der Waals surface area contributed by atoms with Crippen LogP contribution in [0.25, 0.3) is 0 Å². The molecule has 0 radical (unpaired) electrons. The van der Waals surface area contributed by atoms with Gasteiger partial charge < -0.3 is 24.1 Å². The summed E-state index contributed by atoms with van der Waals surface area (Å²) in [6.45, 7) is 6.22. The lowest BCUT2D eigenvalue weighted by atomic mass is 9.92. The molecule has 10 nitrogen and oxygen atoms in total. The second kappa shape index (κ2) is 12.7. The predicted octanol–water partition coefficient (Wildman–Crippen LogP) is 1.94. The summed E-state index contributed by atoms with van der Waals surface area (Å²) in [6, 6.07) is 5.39. The van der Waals surface area contributed by atoms with Gasteiger partial charge in [-0.3, -0.25) is 4.79 Å². The number of aromatic carboxylic acids is 1. The average molecular weight is 448 g/mol. The van der Waals surface area contributed by atoms with Crippen LogP contribution in [0.4, 0.5) is 0 Å². The van der Waals surface area contributed by atoms with Crippen molar-refractivity contribution in [3.8, 4) is 0 Å². The predicted molar refractivity (Wildman–Crippen MR) is 110 cm³/mol. The molecule has 172 valence electrons. The maximum Gasteiger partial charge on any atom is 0.339 e. The van der Waals surface area contributed by atoms with Crippen molar-refractivity contribution in [1.82, 2.24) is 0 Å². The van der Waals surface area contributed by atoms with Crippen molar-refractivity contribution in [2.75, 3.05) is 26.4 Å². The zero-order valence-electron chi connectivity index (χ0n) is 17.5. The fourth-order valence-electron chi connectivity index (χ4n) is 2.30. The Bertz CT molecular complexity index is 862. The molecule has 0 bridgehead atoms. The standard InChI is InChI=1S/C22H24O10/c1-4-17(23)29-11-22(12-30-18(24)5-2,13-31-19(25)6-3)14-32-21(28)16-10-8-7-9-15(16)20(26)27/h4-5,7-10H,1-2,6,11-14H2,3H3,(H,26,27). The molecule has 1 aromatic rings. The minimum atomic E-state index is -1.48. The zero-order valence-corrected chi connectivity index (χ0v) is 17.5. The van der Waals surface area contributed by atoms with Gasteiger partial charge in [-0.15, -0.1) is 0 Å². The molecule has 0 unspecified atom stereocenters. The first-order valence-corrected chi connectivity index (χ1v) is 9.41. The highest BCUT2D eigenvalue weighted by atomic mass is 16.6. The Morgan fingerprint density at radius 2 is 1.31 bits per heavy atom. The third-order valence-corrected chi connectivity index (χ3v) is 4.09. The van der Waals surface area contributed by atoms with Gasteiger partial charge >= 0.3 is 29.8 Å². The fourth-order valence-corrected chi connectivity index (χ4v) is 2.30. The Balaban J connectivity index is 3.17. The molecule has 0 atom stereocenters. The molecule has 0 fully saturated rings. The van der Waals surface area contributed by atoms with Crippen molar-refractivity contribution in [1.29, 1.82) is 0 Å². The largest absolute Gasteiger partial charge is 0.478 e. The zero-order chi connectivity index (χ0) is 24.1. The van der Waals surface area contributed by atoms with Gasteiger partial charge in [0.25, 0.3) is 0 Å². The molecule has 0 saturated carbocycles. The monoisotopic (exact) mass is 448 g/mol. The first-order valence-electron chi connectivity index (χ1n) is 9.41. The summed E-state index contributed by atoms with van der Waals surface area (Å²) >= 11 is 0. The Labute approximate surface area is 184 Å². The van der Waals surface area contributed by atoms with Crippen LogP contribution in [0.3, 0.4) is 0 Å². The lowest BCUT2D eigenvalue weighted by Gasteiger charge is -2.31. The summed E-state index contributed by atoms with van der Waals surface area (Å²) in [6.07, 6.45) is 1.84. The van der Waals surface area contributed by atoms with E-state index in [1.54, 1.807) is 6.92 Å². The Hall–Kier alpha value is -3.95. The van der Waals surface area contributed by atoms with Crippen molar-refractivity contribution in [2.24, 2.45) is 5.41 Å². The number of ether oxygens (including phenoxy) is 4. The molecule has 1 rings (SSSR count). The van der Waals surface area contributed by atoms with Crippen LogP contribution in [-0.2, 0) is 33.3 Å². The van der Waals surface area contributed by atoms with Gasteiger partial charge in [0.15, 0.2) is 0 Å². The highest BCUT2D eigenvalue weighted by molar-refractivity contribution is 6.02. The first kappa shape index (κ1) is 26.1. The highest BCUT2D eigenvalue weighted by Gasteiger charge is 2.38. The van der Waals surface area contributed by atoms with E-state index in [1.807, 2.05) is 0 Å². The maximum atomic E-state index is 12.6. The van der Waals surface area contributed by atoms with Crippen molar-refractivity contribution in [3.05, 3.63) is 60.7 Å². The lowest BCUT2D eigenvalue weighted by Crippen LogP contribution is -2.43.